The summed E-state index contributed by atoms with van der Waals surface area (Å²) in [5.74, 6) is -0.123. The van der Waals surface area contributed by atoms with E-state index in [9.17, 15) is 14.4 Å². The molecule has 0 saturated carbocycles. The molecule has 6 heteroatoms. The van der Waals surface area contributed by atoms with Gasteiger partial charge in [-0.05, 0) is 69.2 Å². The second-order valence-electron chi connectivity index (χ2n) is 8.00. The Morgan fingerprint density at radius 2 is 1.63 bits per heavy atom. The second kappa shape index (κ2) is 14.7. The number of primary amides is 1. The molecule has 1 aromatic rings. The van der Waals surface area contributed by atoms with Crippen LogP contribution in [0.4, 0.5) is 0 Å². The SMILES string of the molecule is CCCCCC(CC)c1ccc(C(=O)NC(CCCCNCC(N)=O)C(C)=O)cc1. The molecule has 168 valence electrons. The van der Waals surface area contributed by atoms with Crippen molar-refractivity contribution in [2.75, 3.05) is 13.1 Å². The van der Waals surface area contributed by atoms with Gasteiger partial charge in [-0.1, -0.05) is 45.2 Å². The fraction of sp³-hybridized carbons (Fsp3) is 0.625. The molecule has 0 aromatic heterocycles. The number of benzene rings is 1. The van der Waals surface area contributed by atoms with Gasteiger partial charge < -0.3 is 16.4 Å². The largest absolute Gasteiger partial charge is 0.369 e. The van der Waals surface area contributed by atoms with Crippen LogP contribution < -0.4 is 16.4 Å². The lowest BCUT2D eigenvalue weighted by Gasteiger charge is -2.17. The maximum absolute atomic E-state index is 12.6. The van der Waals surface area contributed by atoms with Crippen molar-refractivity contribution < 1.29 is 14.4 Å². The van der Waals surface area contributed by atoms with Crippen LogP contribution in [-0.2, 0) is 9.59 Å². The number of carbonyl (C=O) groups is 3. The minimum atomic E-state index is -0.495. The van der Waals surface area contributed by atoms with Gasteiger partial charge in [-0.2, -0.15) is 0 Å². The number of nitrogens with one attached hydrogen (secondary N) is 2. The van der Waals surface area contributed by atoms with Crippen LogP contribution in [0.15, 0.2) is 24.3 Å². The summed E-state index contributed by atoms with van der Waals surface area (Å²) in [5.41, 5.74) is 6.93. The van der Waals surface area contributed by atoms with Crippen molar-refractivity contribution in [2.45, 2.75) is 84.1 Å². The first kappa shape index (κ1) is 25.8. The number of nitrogens with two attached hydrogens (primary N) is 1. The van der Waals surface area contributed by atoms with Crippen LogP contribution in [0.2, 0.25) is 0 Å². The third-order valence-electron chi connectivity index (χ3n) is 5.48. The van der Waals surface area contributed by atoms with Gasteiger partial charge >= 0.3 is 0 Å². The summed E-state index contributed by atoms with van der Waals surface area (Å²) in [6, 6.07) is 7.31. The Morgan fingerprint density at radius 3 is 2.20 bits per heavy atom. The molecule has 1 rings (SSSR count). The summed E-state index contributed by atoms with van der Waals surface area (Å²) < 4.78 is 0. The van der Waals surface area contributed by atoms with E-state index in [2.05, 4.69) is 24.5 Å². The molecule has 0 fully saturated rings. The molecule has 30 heavy (non-hydrogen) atoms. The normalized spacial score (nSPS) is 12.9. The standard InChI is InChI=1S/C24H39N3O3/c1-4-6-7-10-19(5-2)20-12-14-21(15-13-20)24(30)27-22(18(3)28)11-8-9-16-26-17-23(25)29/h12-15,19,22,26H,4-11,16-17H2,1-3H3,(H2,25,29)(H,27,30). The van der Waals surface area contributed by atoms with Crippen molar-refractivity contribution >= 4 is 17.6 Å². The zero-order valence-electron chi connectivity index (χ0n) is 18.8. The van der Waals surface area contributed by atoms with E-state index in [1.165, 1.54) is 38.2 Å². The molecule has 0 aliphatic rings. The van der Waals surface area contributed by atoms with E-state index in [1.807, 2.05) is 24.3 Å². The van der Waals surface area contributed by atoms with Gasteiger partial charge in [0.05, 0.1) is 12.6 Å². The Hall–Kier alpha value is -2.21. The van der Waals surface area contributed by atoms with Crippen molar-refractivity contribution in [3.8, 4) is 0 Å². The molecule has 0 saturated heterocycles. The second-order valence-corrected chi connectivity index (χ2v) is 8.00. The number of hydrogen-bond donors (Lipinski definition) is 3. The monoisotopic (exact) mass is 417 g/mol. The van der Waals surface area contributed by atoms with E-state index in [0.717, 1.165) is 19.3 Å². The highest BCUT2D eigenvalue weighted by molar-refractivity contribution is 5.97. The molecule has 2 amide bonds. The Morgan fingerprint density at radius 1 is 0.967 bits per heavy atom. The van der Waals surface area contributed by atoms with Crippen LogP contribution in [0.1, 0.15) is 94.0 Å². The first-order valence-electron chi connectivity index (χ1n) is 11.3. The Bertz CT molecular complexity index is 658. The van der Waals surface area contributed by atoms with Crippen LogP contribution in [0, 0.1) is 0 Å². The van der Waals surface area contributed by atoms with Crippen LogP contribution in [0.25, 0.3) is 0 Å². The summed E-state index contributed by atoms with van der Waals surface area (Å²) in [7, 11) is 0. The van der Waals surface area contributed by atoms with Crippen molar-refractivity contribution in [2.24, 2.45) is 5.73 Å². The van der Waals surface area contributed by atoms with Crippen molar-refractivity contribution in [3.63, 3.8) is 0 Å². The molecule has 0 radical (unpaired) electrons. The maximum atomic E-state index is 12.6. The zero-order chi connectivity index (χ0) is 22.4. The number of Topliss-reactive ketones (excluding diaryl/α,β-unsaturated/α-hetero) is 1. The minimum absolute atomic E-state index is 0.0490. The molecule has 0 bridgehead atoms. The fourth-order valence-corrected chi connectivity index (χ4v) is 3.58. The molecular formula is C24H39N3O3. The van der Waals surface area contributed by atoms with E-state index in [-0.39, 0.29) is 24.1 Å². The summed E-state index contributed by atoms with van der Waals surface area (Å²) in [5, 5.41) is 5.81. The van der Waals surface area contributed by atoms with Crippen LogP contribution in [0.3, 0.4) is 0 Å². The van der Waals surface area contributed by atoms with E-state index >= 15 is 0 Å². The smallest absolute Gasteiger partial charge is 0.251 e. The molecule has 4 N–H and O–H groups in total. The third-order valence-corrected chi connectivity index (χ3v) is 5.48. The van der Waals surface area contributed by atoms with Gasteiger partial charge in [-0.15, -0.1) is 0 Å². The van der Waals surface area contributed by atoms with Crippen LogP contribution in [0.5, 0.6) is 0 Å². The predicted molar refractivity (Wildman–Crippen MR) is 121 cm³/mol. The van der Waals surface area contributed by atoms with Crippen molar-refractivity contribution in [1.29, 1.82) is 0 Å². The number of amides is 2. The Balaban J connectivity index is 2.54. The molecule has 0 aliphatic heterocycles. The van der Waals surface area contributed by atoms with Crippen molar-refractivity contribution in [1.82, 2.24) is 10.6 Å². The predicted octanol–water partition coefficient (Wildman–Crippen LogP) is 3.69. The number of hydrogen-bond acceptors (Lipinski definition) is 4. The third kappa shape index (κ3) is 10.0. The molecule has 0 heterocycles. The summed E-state index contributed by atoms with van der Waals surface area (Å²) in [6.07, 6.45) is 8.12. The zero-order valence-corrected chi connectivity index (χ0v) is 18.8. The molecule has 0 aliphatic carbocycles. The first-order chi connectivity index (χ1) is 14.4. The average Bonchev–Trinajstić information content (AvgIpc) is 2.72. The van der Waals surface area contributed by atoms with Crippen LogP contribution in [-0.4, -0.2) is 36.7 Å². The maximum Gasteiger partial charge on any atom is 0.251 e. The molecule has 1 aromatic carbocycles. The fourth-order valence-electron chi connectivity index (χ4n) is 3.58. The Kier molecular flexibility index (Phi) is 12.7. The molecular weight excluding hydrogens is 378 g/mol. The number of carbonyl (C=O) groups excluding carboxylic acids is 3. The highest BCUT2D eigenvalue weighted by atomic mass is 16.2. The van der Waals surface area contributed by atoms with E-state index < -0.39 is 6.04 Å². The summed E-state index contributed by atoms with van der Waals surface area (Å²) in [6.45, 7) is 6.73. The van der Waals surface area contributed by atoms with Gasteiger partial charge in [0.25, 0.3) is 5.91 Å². The molecule has 6 nitrogen and oxygen atoms in total. The lowest BCUT2D eigenvalue weighted by atomic mass is 9.90. The number of ketones is 1. The van der Waals surface area contributed by atoms with Gasteiger partial charge in [-0.25, -0.2) is 0 Å². The summed E-state index contributed by atoms with van der Waals surface area (Å²) in [4.78, 5) is 35.2. The molecule has 2 unspecified atom stereocenters. The molecule has 0 spiro atoms. The van der Waals surface area contributed by atoms with Gasteiger partial charge in [0, 0.05) is 5.56 Å². The van der Waals surface area contributed by atoms with Gasteiger partial charge in [0.1, 0.15) is 0 Å². The minimum Gasteiger partial charge on any atom is -0.369 e. The van der Waals surface area contributed by atoms with Crippen LogP contribution >= 0.6 is 0 Å². The quantitative estimate of drug-likeness (QED) is 0.357. The topological polar surface area (TPSA) is 101 Å². The van der Waals surface area contributed by atoms with E-state index in [1.54, 1.807) is 0 Å². The van der Waals surface area contributed by atoms with Gasteiger partial charge in [0.2, 0.25) is 5.91 Å². The van der Waals surface area contributed by atoms with Gasteiger partial charge in [-0.3, -0.25) is 14.4 Å². The van der Waals surface area contributed by atoms with E-state index in [0.29, 0.717) is 24.4 Å². The van der Waals surface area contributed by atoms with E-state index in [4.69, 9.17) is 5.73 Å². The Labute approximate surface area is 181 Å². The highest BCUT2D eigenvalue weighted by Crippen LogP contribution is 2.26. The first-order valence-corrected chi connectivity index (χ1v) is 11.3. The lowest BCUT2D eigenvalue weighted by Crippen LogP contribution is -2.39. The highest BCUT2D eigenvalue weighted by Gasteiger charge is 2.18. The summed E-state index contributed by atoms with van der Waals surface area (Å²) >= 11 is 0. The van der Waals surface area contributed by atoms with Gasteiger partial charge in [0.15, 0.2) is 5.78 Å². The number of rotatable bonds is 16. The average molecular weight is 418 g/mol. The number of unbranched alkanes of at least 4 members (excludes halogenated alkanes) is 3. The van der Waals surface area contributed by atoms with Crippen molar-refractivity contribution in [3.05, 3.63) is 35.4 Å². The lowest BCUT2D eigenvalue weighted by molar-refractivity contribution is -0.119. The molecule has 2 atom stereocenters.